The van der Waals surface area contributed by atoms with Crippen LogP contribution in [0.4, 0.5) is 0 Å². The smallest absolute Gasteiger partial charge is 0.238 e. The van der Waals surface area contributed by atoms with Crippen LogP contribution in [0.5, 0.6) is 0 Å². The summed E-state index contributed by atoms with van der Waals surface area (Å²) < 4.78 is 0. The lowest BCUT2D eigenvalue weighted by Crippen LogP contribution is -2.37. The van der Waals surface area contributed by atoms with Gasteiger partial charge < -0.3 is 4.98 Å². The van der Waals surface area contributed by atoms with Crippen LogP contribution in [0.2, 0.25) is 5.02 Å². The SMILES string of the molecule is O=C(Cc1c[nH]c2ccccc12)NNCc1ccc(Cl)cc1. The van der Waals surface area contributed by atoms with Crippen LogP contribution < -0.4 is 10.9 Å². The first-order chi connectivity index (χ1) is 10.7. The van der Waals surface area contributed by atoms with Crippen molar-refractivity contribution in [1.29, 1.82) is 0 Å². The van der Waals surface area contributed by atoms with E-state index in [4.69, 9.17) is 11.6 Å². The number of para-hydroxylation sites is 1. The van der Waals surface area contributed by atoms with E-state index < -0.39 is 0 Å². The largest absolute Gasteiger partial charge is 0.361 e. The highest BCUT2D eigenvalue weighted by molar-refractivity contribution is 6.30. The number of H-pyrrole nitrogens is 1. The highest BCUT2D eigenvalue weighted by Gasteiger charge is 2.07. The number of nitrogens with one attached hydrogen (secondary N) is 3. The van der Waals surface area contributed by atoms with Crippen LogP contribution in [0.3, 0.4) is 0 Å². The predicted octanol–water partition coefficient (Wildman–Crippen LogP) is 3.18. The Labute approximate surface area is 133 Å². The minimum Gasteiger partial charge on any atom is -0.361 e. The lowest BCUT2D eigenvalue weighted by Gasteiger charge is -2.07. The molecule has 0 fully saturated rings. The van der Waals surface area contributed by atoms with Crippen molar-refractivity contribution in [1.82, 2.24) is 15.8 Å². The van der Waals surface area contributed by atoms with E-state index in [-0.39, 0.29) is 5.91 Å². The third kappa shape index (κ3) is 3.47. The number of hydrogen-bond acceptors (Lipinski definition) is 2. The lowest BCUT2D eigenvalue weighted by atomic mass is 10.1. The first-order valence-corrected chi connectivity index (χ1v) is 7.41. The van der Waals surface area contributed by atoms with Crippen molar-refractivity contribution in [3.63, 3.8) is 0 Å². The van der Waals surface area contributed by atoms with Crippen molar-refractivity contribution in [3.8, 4) is 0 Å². The summed E-state index contributed by atoms with van der Waals surface area (Å²) in [5.41, 5.74) is 8.72. The first-order valence-electron chi connectivity index (χ1n) is 7.03. The molecule has 4 nitrogen and oxygen atoms in total. The number of benzene rings is 2. The molecule has 112 valence electrons. The Morgan fingerprint density at radius 2 is 1.86 bits per heavy atom. The molecule has 1 amide bonds. The summed E-state index contributed by atoms with van der Waals surface area (Å²) in [5.74, 6) is -0.0706. The molecule has 0 unspecified atom stereocenters. The molecule has 0 aliphatic heterocycles. The number of aromatic amines is 1. The summed E-state index contributed by atoms with van der Waals surface area (Å²) in [6, 6.07) is 15.4. The molecule has 0 aliphatic carbocycles. The number of hydrazine groups is 1. The second kappa shape index (κ2) is 6.64. The number of carbonyl (C=O) groups excluding carboxylic acids is 1. The van der Waals surface area contributed by atoms with Gasteiger partial charge in [0, 0.05) is 28.7 Å². The Morgan fingerprint density at radius 3 is 2.68 bits per heavy atom. The molecule has 0 spiro atoms. The highest BCUT2D eigenvalue weighted by atomic mass is 35.5. The van der Waals surface area contributed by atoms with Crippen molar-refractivity contribution in [2.24, 2.45) is 0 Å². The van der Waals surface area contributed by atoms with E-state index in [1.165, 1.54) is 0 Å². The van der Waals surface area contributed by atoms with Gasteiger partial charge in [-0.25, -0.2) is 5.43 Å². The Kier molecular flexibility index (Phi) is 4.42. The Bertz CT molecular complexity index is 780. The number of fused-ring (bicyclic) bond motifs is 1. The van der Waals surface area contributed by atoms with Gasteiger partial charge >= 0.3 is 0 Å². The molecule has 0 atom stereocenters. The molecule has 0 radical (unpaired) electrons. The molecular weight excluding hydrogens is 298 g/mol. The van der Waals surface area contributed by atoms with E-state index in [9.17, 15) is 4.79 Å². The fourth-order valence-corrected chi connectivity index (χ4v) is 2.47. The standard InChI is InChI=1S/C17H16ClN3O/c18-14-7-5-12(6-8-14)10-20-21-17(22)9-13-11-19-16-4-2-1-3-15(13)16/h1-8,11,19-20H,9-10H2,(H,21,22). The molecular formula is C17H16ClN3O. The number of carbonyl (C=O) groups is 1. The van der Waals surface area contributed by atoms with E-state index in [1.807, 2.05) is 54.7 Å². The van der Waals surface area contributed by atoms with Crippen LogP contribution in [0.25, 0.3) is 10.9 Å². The average Bonchev–Trinajstić information content (AvgIpc) is 2.93. The van der Waals surface area contributed by atoms with Gasteiger partial charge in [0.1, 0.15) is 0 Å². The second-order valence-corrected chi connectivity index (χ2v) is 5.50. The molecule has 0 saturated carbocycles. The van der Waals surface area contributed by atoms with Gasteiger partial charge in [0.05, 0.1) is 6.42 Å². The van der Waals surface area contributed by atoms with Crippen LogP contribution in [0.15, 0.2) is 54.7 Å². The number of halogens is 1. The van der Waals surface area contributed by atoms with Gasteiger partial charge in [-0.2, -0.15) is 0 Å². The molecule has 0 saturated heterocycles. The van der Waals surface area contributed by atoms with Crippen molar-refractivity contribution in [2.75, 3.05) is 0 Å². The third-order valence-electron chi connectivity index (χ3n) is 3.46. The van der Waals surface area contributed by atoms with Crippen molar-refractivity contribution in [3.05, 3.63) is 70.9 Å². The monoisotopic (exact) mass is 313 g/mol. The van der Waals surface area contributed by atoms with E-state index >= 15 is 0 Å². The van der Waals surface area contributed by atoms with E-state index in [1.54, 1.807) is 0 Å². The fraction of sp³-hybridized carbons (Fsp3) is 0.118. The minimum absolute atomic E-state index is 0.0706. The highest BCUT2D eigenvalue weighted by Crippen LogP contribution is 2.17. The van der Waals surface area contributed by atoms with Crippen LogP contribution in [-0.4, -0.2) is 10.9 Å². The molecule has 0 bridgehead atoms. The molecule has 3 aromatic rings. The van der Waals surface area contributed by atoms with Crippen LogP contribution >= 0.6 is 11.6 Å². The molecule has 1 heterocycles. The summed E-state index contributed by atoms with van der Waals surface area (Å²) in [4.78, 5) is 15.2. The number of hydrogen-bond donors (Lipinski definition) is 3. The molecule has 3 rings (SSSR count). The van der Waals surface area contributed by atoms with Crippen molar-refractivity contribution < 1.29 is 4.79 Å². The summed E-state index contributed by atoms with van der Waals surface area (Å²) >= 11 is 5.83. The van der Waals surface area contributed by atoms with Crippen LogP contribution in [0.1, 0.15) is 11.1 Å². The van der Waals surface area contributed by atoms with Crippen molar-refractivity contribution in [2.45, 2.75) is 13.0 Å². The topological polar surface area (TPSA) is 56.9 Å². The maximum absolute atomic E-state index is 12.0. The summed E-state index contributed by atoms with van der Waals surface area (Å²) in [7, 11) is 0. The van der Waals surface area contributed by atoms with E-state index in [2.05, 4.69) is 15.8 Å². The van der Waals surface area contributed by atoms with Gasteiger partial charge in [-0.05, 0) is 29.3 Å². The van der Waals surface area contributed by atoms with Gasteiger partial charge in [-0.3, -0.25) is 10.2 Å². The fourth-order valence-electron chi connectivity index (χ4n) is 2.34. The van der Waals surface area contributed by atoms with Crippen molar-refractivity contribution >= 4 is 28.4 Å². The predicted molar refractivity (Wildman–Crippen MR) is 88.4 cm³/mol. The zero-order valence-corrected chi connectivity index (χ0v) is 12.7. The normalized spacial score (nSPS) is 10.8. The van der Waals surface area contributed by atoms with Gasteiger partial charge in [0.2, 0.25) is 5.91 Å². The number of amides is 1. The van der Waals surface area contributed by atoms with Gasteiger partial charge in [-0.1, -0.05) is 41.9 Å². The molecule has 5 heteroatoms. The zero-order valence-electron chi connectivity index (χ0n) is 11.9. The van der Waals surface area contributed by atoms with E-state index in [0.29, 0.717) is 18.0 Å². The number of aromatic nitrogens is 1. The van der Waals surface area contributed by atoms with E-state index in [0.717, 1.165) is 22.0 Å². The Hall–Kier alpha value is -2.30. The second-order valence-electron chi connectivity index (χ2n) is 5.06. The number of rotatable bonds is 5. The Morgan fingerprint density at radius 1 is 1.09 bits per heavy atom. The average molecular weight is 314 g/mol. The summed E-state index contributed by atoms with van der Waals surface area (Å²) in [6.07, 6.45) is 2.21. The maximum Gasteiger partial charge on any atom is 0.238 e. The minimum atomic E-state index is -0.0706. The quantitative estimate of drug-likeness (QED) is 0.634. The summed E-state index contributed by atoms with van der Waals surface area (Å²) in [5, 5.41) is 1.78. The van der Waals surface area contributed by atoms with Gasteiger partial charge in [-0.15, -0.1) is 0 Å². The third-order valence-corrected chi connectivity index (χ3v) is 3.71. The lowest BCUT2D eigenvalue weighted by molar-refractivity contribution is -0.121. The summed E-state index contributed by atoms with van der Waals surface area (Å²) in [6.45, 7) is 0.552. The molecule has 2 aromatic carbocycles. The zero-order chi connectivity index (χ0) is 15.4. The Balaban J connectivity index is 1.53. The maximum atomic E-state index is 12.0. The van der Waals surface area contributed by atoms with Gasteiger partial charge in [0.25, 0.3) is 0 Å². The molecule has 22 heavy (non-hydrogen) atoms. The molecule has 0 aliphatic rings. The molecule has 3 N–H and O–H groups in total. The first kappa shape index (κ1) is 14.6. The van der Waals surface area contributed by atoms with Crippen LogP contribution in [0, 0.1) is 0 Å². The molecule has 1 aromatic heterocycles. The van der Waals surface area contributed by atoms with Crippen LogP contribution in [-0.2, 0) is 17.8 Å². The van der Waals surface area contributed by atoms with Gasteiger partial charge in [0.15, 0.2) is 0 Å².